The Kier molecular flexibility index (Phi) is 4.49. The van der Waals surface area contributed by atoms with E-state index in [1.54, 1.807) is 12.0 Å². The number of fused-ring (bicyclic) bond motifs is 1. The molecule has 2 aromatic rings. The van der Waals surface area contributed by atoms with Crippen molar-refractivity contribution in [2.45, 2.75) is 45.3 Å². The van der Waals surface area contributed by atoms with Crippen molar-refractivity contribution in [3.63, 3.8) is 0 Å². The molecule has 0 atom stereocenters. The second kappa shape index (κ2) is 6.46. The van der Waals surface area contributed by atoms with Crippen molar-refractivity contribution < 1.29 is 14.3 Å². The lowest BCUT2D eigenvalue weighted by Gasteiger charge is -2.33. The third-order valence-corrected chi connectivity index (χ3v) is 4.36. The Morgan fingerprint density at radius 3 is 2.56 bits per heavy atom. The highest BCUT2D eigenvalue weighted by Gasteiger charge is 2.28. The van der Waals surface area contributed by atoms with Gasteiger partial charge < -0.3 is 20.1 Å². The largest absolute Gasteiger partial charge is 0.495 e. The summed E-state index contributed by atoms with van der Waals surface area (Å²) in [5.74, 6) is 0.637. The van der Waals surface area contributed by atoms with E-state index in [2.05, 4.69) is 5.10 Å². The van der Waals surface area contributed by atoms with Gasteiger partial charge in [-0.15, -0.1) is 0 Å². The SMILES string of the molecule is COc1cc2nn(C3CCN(C(=O)OC(C)(C)C)CC3)cc2cc1N. The molecule has 0 saturated carbocycles. The Labute approximate surface area is 147 Å². The highest BCUT2D eigenvalue weighted by Crippen LogP contribution is 2.30. The molecular formula is C18H26N4O3. The number of nitrogen functional groups attached to an aromatic ring is 1. The van der Waals surface area contributed by atoms with Crippen LogP contribution in [0.4, 0.5) is 10.5 Å². The standard InChI is InChI=1S/C18H26N4O3/c1-18(2,3)25-17(23)21-7-5-13(6-8-21)22-11-12-9-14(19)16(24-4)10-15(12)20-22/h9-11,13H,5-8,19H2,1-4H3. The third kappa shape index (κ3) is 3.81. The van der Waals surface area contributed by atoms with Crippen LogP contribution in [0.5, 0.6) is 5.75 Å². The van der Waals surface area contributed by atoms with Crippen molar-refractivity contribution in [3.8, 4) is 5.75 Å². The maximum atomic E-state index is 12.2. The average Bonchev–Trinajstić information content (AvgIpc) is 2.95. The third-order valence-electron chi connectivity index (χ3n) is 4.36. The highest BCUT2D eigenvalue weighted by molar-refractivity contribution is 5.84. The zero-order valence-electron chi connectivity index (χ0n) is 15.3. The van der Waals surface area contributed by atoms with E-state index in [4.69, 9.17) is 15.2 Å². The minimum Gasteiger partial charge on any atom is -0.495 e. The number of rotatable bonds is 2. The lowest BCUT2D eigenvalue weighted by Crippen LogP contribution is -2.42. The van der Waals surface area contributed by atoms with Crippen LogP contribution in [-0.4, -0.2) is 46.6 Å². The van der Waals surface area contributed by atoms with E-state index in [0.29, 0.717) is 24.5 Å². The molecular weight excluding hydrogens is 320 g/mol. The number of carbonyl (C=O) groups is 1. The van der Waals surface area contributed by atoms with Crippen LogP contribution in [-0.2, 0) is 4.74 Å². The van der Waals surface area contributed by atoms with Gasteiger partial charge >= 0.3 is 6.09 Å². The summed E-state index contributed by atoms with van der Waals surface area (Å²) in [4.78, 5) is 13.9. The summed E-state index contributed by atoms with van der Waals surface area (Å²) < 4.78 is 12.7. The summed E-state index contributed by atoms with van der Waals surface area (Å²) in [5, 5.41) is 5.66. The molecule has 0 radical (unpaired) electrons. The second-order valence-corrected chi connectivity index (χ2v) is 7.46. The smallest absolute Gasteiger partial charge is 0.410 e. The number of methoxy groups -OCH3 is 1. The molecule has 1 saturated heterocycles. The summed E-state index contributed by atoms with van der Waals surface area (Å²) >= 11 is 0. The number of carbonyl (C=O) groups excluding carboxylic acids is 1. The lowest BCUT2D eigenvalue weighted by atomic mass is 10.1. The normalized spacial score (nSPS) is 16.2. The van der Waals surface area contributed by atoms with Gasteiger partial charge in [0, 0.05) is 30.7 Å². The van der Waals surface area contributed by atoms with Gasteiger partial charge in [-0.3, -0.25) is 4.68 Å². The number of benzene rings is 1. The van der Waals surface area contributed by atoms with Crippen LogP contribution in [0.25, 0.3) is 10.9 Å². The topological polar surface area (TPSA) is 82.6 Å². The molecule has 3 rings (SSSR count). The van der Waals surface area contributed by atoms with Crippen LogP contribution in [0.15, 0.2) is 18.3 Å². The minimum absolute atomic E-state index is 0.242. The summed E-state index contributed by atoms with van der Waals surface area (Å²) in [5.41, 5.74) is 6.97. The molecule has 0 unspecified atom stereocenters. The van der Waals surface area contributed by atoms with Crippen LogP contribution < -0.4 is 10.5 Å². The average molecular weight is 346 g/mol. The molecule has 0 bridgehead atoms. The molecule has 0 spiro atoms. The number of aromatic nitrogens is 2. The van der Waals surface area contributed by atoms with Gasteiger partial charge in [-0.05, 0) is 39.7 Å². The monoisotopic (exact) mass is 346 g/mol. The van der Waals surface area contributed by atoms with Gasteiger partial charge in [-0.25, -0.2) is 4.79 Å². The molecule has 25 heavy (non-hydrogen) atoms. The zero-order valence-corrected chi connectivity index (χ0v) is 15.3. The Bertz CT molecular complexity index is 770. The Morgan fingerprint density at radius 1 is 1.28 bits per heavy atom. The van der Waals surface area contributed by atoms with E-state index >= 15 is 0 Å². The first-order chi connectivity index (χ1) is 11.8. The fourth-order valence-electron chi connectivity index (χ4n) is 3.09. The van der Waals surface area contributed by atoms with E-state index in [1.165, 1.54) is 0 Å². The van der Waals surface area contributed by atoms with Crippen molar-refractivity contribution in [1.82, 2.24) is 14.7 Å². The van der Waals surface area contributed by atoms with Gasteiger partial charge in [-0.2, -0.15) is 5.10 Å². The molecule has 0 aliphatic carbocycles. The van der Waals surface area contributed by atoms with Crippen molar-refractivity contribution in [2.24, 2.45) is 0 Å². The van der Waals surface area contributed by atoms with Gasteiger partial charge in [0.05, 0.1) is 24.4 Å². The van der Waals surface area contributed by atoms with E-state index in [1.807, 2.05) is 43.8 Å². The van der Waals surface area contributed by atoms with Gasteiger partial charge in [-0.1, -0.05) is 0 Å². The van der Waals surface area contributed by atoms with E-state index in [9.17, 15) is 4.79 Å². The van der Waals surface area contributed by atoms with Crippen LogP contribution in [0, 0.1) is 0 Å². The van der Waals surface area contributed by atoms with Crippen LogP contribution >= 0.6 is 0 Å². The molecule has 1 aliphatic heterocycles. The summed E-state index contributed by atoms with van der Waals surface area (Å²) in [6.45, 7) is 6.98. The molecule has 1 aliphatic rings. The molecule has 7 nitrogen and oxygen atoms in total. The highest BCUT2D eigenvalue weighted by atomic mass is 16.6. The van der Waals surface area contributed by atoms with Gasteiger partial charge in [0.2, 0.25) is 0 Å². The van der Waals surface area contributed by atoms with Crippen LogP contribution in [0.1, 0.15) is 39.7 Å². The molecule has 1 aromatic heterocycles. The first-order valence-corrected chi connectivity index (χ1v) is 8.57. The van der Waals surface area contributed by atoms with Crippen LogP contribution in [0.2, 0.25) is 0 Å². The maximum absolute atomic E-state index is 12.2. The number of nitrogens with zero attached hydrogens (tertiary/aromatic N) is 3. The number of nitrogens with two attached hydrogens (primary N) is 1. The Morgan fingerprint density at radius 2 is 1.96 bits per heavy atom. The minimum atomic E-state index is -0.466. The quantitative estimate of drug-likeness (QED) is 0.844. The molecule has 2 heterocycles. The van der Waals surface area contributed by atoms with Gasteiger partial charge in [0.1, 0.15) is 11.4 Å². The predicted molar refractivity (Wildman–Crippen MR) is 96.8 cm³/mol. The van der Waals surface area contributed by atoms with E-state index in [0.717, 1.165) is 23.7 Å². The predicted octanol–water partition coefficient (Wildman–Crippen LogP) is 3.20. The number of anilines is 1. The van der Waals surface area contributed by atoms with Crippen molar-refractivity contribution in [1.29, 1.82) is 0 Å². The summed E-state index contributed by atoms with van der Waals surface area (Å²) in [6.07, 6.45) is 3.47. The lowest BCUT2D eigenvalue weighted by molar-refractivity contribution is 0.0185. The van der Waals surface area contributed by atoms with Crippen molar-refractivity contribution >= 4 is 22.7 Å². The molecule has 1 fully saturated rings. The van der Waals surface area contributed by atoms with E-state index < -0.39 is 5.60 Å². The van der Waals surface area contributed by atoms with Crippen molar-refractivity contribution in [2.75, 3.05) is 25.9 Å². The van der Waals surface area contributed by atoms with Gasteiger partial charge in [0.15, 0.2) is 0 Å². The molecule has 1 amide bonds. The molecule has 136 valence electrons. The number of likely N-dealkylation sites (tertiary alicyclic amines) is 1. The first-order valence-electron chi connectivity index (χ1n) is 8.57. The van der Waals surface area contributed by atoms with Gasteiger partial charge in [0.25, 0.3) is 0 Å². The molecule has 7 heteroatoms. The Hall–Kier alpha value is -2.44. The van der Waals surface area contributed by atoms with E-state index in [-0.39, 0.29) is 12.1 Å². The summed E-state index contributed by atoms with van der Waals surface area (Å²) in [6, 6.07) is 4.00. The molecule has 2 N–H and O–H groups in total. The number of piperidine rings is 1. The fraction of sp³-hybridized carbons (Fsp3) is 0.556. The fourth-order valence-corrected chi connectivity index (χ4v) is 3.09. The second-order valence-electron chi connectivity index (χ2n) is 7.46. The first kappa shape index (κ1) is 17.4. The molecule has 1 aromatic carbocycles. The number of amides is 1. The summed E-state index contributed by atoms with van der Waals surface area (Å²) in [7, 11) is 1.60. The van der Waals surface area contributed by atoms with Crippen molar-refractivity contribution in [3.05, 3.63) is 18.3 Å². The Balaban J connectivity index is 1.69. The van der Waals surface area contributed by atoms with Crippen LogP contribution in [0.3, 0.4) is 0 Å². The maximum Gasteiger partial charge on any atom is 0.410 e. The number of hydrogen-bond donors (Lipinski definition) is 1. The number of ether oxygens (including phenoxy) is 2. The zero-order chi connectivity index (χ0) is 18.2. The number of hydrogen-bond acceptors (Lipinski definition) is 5.